The summed E-state index contributed by atoms with van der Waals surface area (Å²) in [6.45, 7) is 0. The first-order chi connectivity index (χ1) is 14.1. The van der Waals surface area contributed by atoms with Crippen LogP contribution in [-0.2, 0) is 0 Å². The zero-order valence-electron chi connectivity index (χ0n) is 15.1. The monoisotopic (exact) mass is 402 g/mol. The molecule has 0 radical (unpaired) electrons. The molecule has 0 fully saturated rings. The minimum atomic E-state index is -0.498. The molecule has 0 atom stereocenters. The van der Waals surface area contributed by atoms with Crippen LogP contribution in [0.4, 0.5) is 9.52 Å². The lowest BCUT2D eigenvalue weighted by molar-refractivity contribution is 0.102. The average Bonchev–Trinajstić information content (AvgIpc) is 3.18. The second kappa shape index (κ2) is 8.16. The van der Waals surface area contributed by atoms with E-state index in [9.17, 15) is 14.0 Å². The molecule has 29 heavy (non-hydrogen) atoms. The number of hydrogen-bond donors (Lipinski definition) is 1. The second-order valence-electron chi connectivity index (χ2n) is 6.22. The van der Waals surface area contributed by atoms with Crippen molar-refractivity contribution in [1.29, 1.82) is 0 Å². The lowest BCUT2D eigenvalue weighted by atomic mass is 10.1. The smallest absolute Gasteiger partial charge is 0.257 e. The van der Waals surface area contributed by atoms with Crippen molar-refractivity contribution in [3.63, 3.8) is 0 Å². The minimum Gasteiger partial charge on any atom is -0.298 e. The molecule has 0 bridgehead atoms. The molecule has 0 aliphatic rings. The normalized spacial score (nSPS) is 10.5. The fourth-order valence-corrected chi connectivity index (χ4v) is 3.78. The number of carbonyl (C=O) groups is 2. The van der Waals surface area contributed by atoms with Gasteiger partial charge in [-0.05, 0) is 18.2 Å². The van der Waals surface area contributed by atoms with Crippen molar-refractivity contribution in [2.75, 3.05) is 5.32 Å². The molecule has 4 nitrogen and oxygen atoms in total. The summed E-state index contributed by atoms with van der Waals surface area (Å²) in [6, 6.07) is 23.6. The molecule has 0 aliphatic carbocycles. The SMILES string of the molecule is O=C(Nc1nc(-c2ccccc2)c(C(=O)c2ccccc2)s1)c1cccc(F)c1. The highest BCUT2D eigenvalue weighted by Crippen LogP contribution is 2.33. The van der Waals surface area contributed by atoms with E-state index in [1.165, 1.54) is 18.2 Å². The third-order valence-corrected chi connectivity index (χ3v) is 5.19. The molecule has 6 heteroatoms. The average molecular weight is 402 g/mol. The van der Waals surface area contributed by atoms with Crippen LogP contribution in [0.5, 0.6) is 0 Å². The van der Waals surface area contributed by atoms with E-state index in [4.69, 9.17) is 0 Å². The van der Waals surface area contributed by atoms with Gasteiger partial charge in [0, 0.05) is 16.7 Å². The number of nitrogens with one attached hydrogen (secondary N) is 1. The van der Waals surface area contributed by atoms with Crippen molar-refractivity contribution in [3.05, 3.63) is 107 Å². The van der Waals surface area contributed by atoms with Gasteiger partial charge in [0.25, 0.3) is 5.91 Å². The first-order valence-electron chi connectivity index (χ1n) is 8.85. The molecule has 1 aromatic heterocycles. The van der Waals surface area contributed by atoms with Crippen molar-refractivity contribution < 1.29 is 14.0 Å². The summed E-state index contributed by atoms with van der Waals surface area (Å²) in [5.41, 5.74) is 1.99. The maximum atomic E-state index is 13.4. The Morgan fingerprint density at radius 3 is 2.17 bits per heavy atom. The number of ketones is 1. The molecule has 4 rings (SSSR count). The van der Waals surface area contributed by atoms with Gasteiger partial charge in [-0.25, -0.2) is 9.37 Å². The maximum Gasteiger partial charge on any atom is 0.257 e. The van der Waals surface area contributed by atoms with Gasteiger partial charge in [0.2, 0.25) is 5.78 Å². The van der Waals surface area contributed by atoms with Gasteiger partial charge >= 0.3 is 0 Å². The highest BCUT2D eigenvalue weighted by Gasteiger charge is 2.22. The van der Waals surface area contributed by atoms with Crippen LogP contribution in [0.3, 0.4) is 0 Å². The van der Waals surface area contributed by atoms with Gasteiger partial charge in [-0.2, -0.15) is 0 Å². The largest absolute Gasteiger partial charge is 0.298 e. The van der Waals surface area contributed by atoms with Crippen LogP contribution < -0.4 is 5.32 Å². The maximum absolute atomic E-state index is 13.4. The number of benzene rings is 3. The van der Waals surface area contributed by atoms with Crippen molar-refractivity contribution in [3.8, 4) is 11.3 Å². The predicted molar refractivity (Wildman–Crippen MR) is 112 cm³/mol. The quantitative estimate of drug-likeness (QED) is 0.453. The van der Waals surface area contributed by atoms with Crippen LogP contribution >= 0.6 is 11.3 Å². The fourth-order valence-electron chi connectivity index (χ4n) is 2.84. The highest BCUT2D eigenvalue weighted by atomic mass is 32.1. The Morgan fingerprint density at radius 1 is 0.828 bits per heavy atom. The number of carbonyl (C=O) groups excluding carboxylic acids is 2. The van der Waals surface area contributed by atoms with Gasteiger partial charge in [0.15, 0.2) is 5.13 Å². The van der Waals surface area contributed by atoms with E-state index in [1.54, 1.807) is 24.3 Å². The summed E-state index contributed by atoms with van der Waals surface area (Å²) in [5, 5.41) is 2.95. The van der Waals surface area contributed by atoms with E-state index >= 15 is 0 Å². The van der Waals surface area contributed by atoms with Crippen molar-refractivity contribution >= 4 is 28.2 Å². The van der Waals surface area contributed by atoms with Crippen LogP contribution in [0.15, 0.2) is 84.9 Å². The summed E-state index contributed by atoms with van der Waals surface area (Å²) in [4.78, 5) is 30.4. The second-order valence-corrected chi connectivity index (χ2v) is 7.22. The molecule has 3 aromatic carbocycles. The third-order valence-electron chi connectivity index (χ3n) is 4.22. The standard InChI is InChI=1S/C23H15FN2O2S/c24-18-13-7-12-17(14-18)22(28)26-23-25-19(15-8-3-1-4-9-15)21(29-23)20(27)16-10-5-2-6-11-16/h1-14H,(H,25,26,28). The zero-order valence-corrected chi connectivity index (χ0v) is 15.9. The minimum absolute atomic E-state index is 0.173. The van der Waals surface area contributed by atoms with Gasteiger partial charge in [0.05, 0.1) is 5.69 Å². The van der Waals surface area contributed by atoms with E-state index in [2.05, 4.69) is 10.3 Å². The Bertz CT molecular complexity index is 1170. The number of amides is 1. The number of aromatic nitrogens is 1. The number of thiazole rings is 1. The highest BCUT2D eigenvalue weighted by molar-refractivity contribution is 7.18. The third kappa shape index (κ3) is 4.12. The Morgan fingerprint density at radius 2 is 1.48 bits per heavy atom. The van der Waals surface area contributed by atoms with Crippen LogP contribution in [0, 0.1) is 5.82 Å². The molecule has 142 valence electrons. The molecule has 0 saturated heterocycles. The summed E-state index contributed by atoms with van der Waals surface area (Å²) >= 11 is 1.10. The Labute approximate surface area is 170 Å². The summed E-state index contributed by atoms with van der Waals surface area (Å²) in [7, 11) is 0. The lowest BCUT2D eigenvalue weighted by Crippen LogP contribution is -2.11. The van der Waals surface area contributed by atoms with Gasteiger partial charge < -0.3 is 0 Å². The number of halogens is 1. The predicted octanol–water partition coefficient (Wildman–Crippen LogP) is 5.43. The van der Waals surface area contributed by atoms with Crippen LogP contribution in [-0.4, -0.2) is 16.7 Å². The van der Waals surface area contributed by atoms with Gasteiger partial charge in [-0.3, -0.25) is 14.9 Å². The summed E-state index contributed by atoms with van der Waals surface area (Å²) in [6.07, 6.45) is 0. The fraction of sp³-hybridized carbons (Fsp3) is 0. The molecular weight excluding hydrogens is 387 g/mol. The number of nitrogens with zero attached hydrogens (tertiary/aromatic N) is 1. The summed E-state index contributed by atoms with van der Waals surface area (Å²) in [5.74, 6) is -1.16. The van der Waals surface area contributed by atoms with Crippen molar-refractivity contribution in [2.24, 2.45) is 0 Å². The first-order valence-corrected chi connectivity index (χ1v) is 9.66. The molecule has 4 aromatic rings. The molecule has 0 unspecified atom stereocenters. The Balaban J connectivity index is 1.72. The Hall–Kier alpha value is -3.64. The molecule has 1 heterocycles. The molecule has 1 amide bonds. The lowest BCUT2D eigenvalue weighted by Gasteiger charge is -2.02. The van der Waals surface area contributed by atoms with Crippen LogP contribution in [0.1, 0.15) is 25.6 Å². The van der Waals surface area contributed by atoms with E-state index in [0.717, 1.165) is 23.0 Å². The molecule has 0 aliphatic heterocycles. The van der Waals surface area contributed by atoms with Crippen LogP contribution in [0.2, 0.25) is 0 Å². The first kappa shape index (κ1) is 18.7. The van der Waals surface area contributed by atoms with Crippen LogP contribution in [0.25, 0.3) is 11.3 Å². The van der Waals surface area contributed by atoms with E-state index in [1.807, 2.05) is 36.4 Å². The molecule has 0 spiro atoms. The number of hydrogen-bond acceptors (Lipinski definition) is 4. The molecule has 1 N–H and O–H groups in total. The number of rotatable bonds is 5. The Kier molecular flexibility index (Phi) is 5.27. The van der Waals surface area contributed by atoms with E-state index in [0.29, 0.717) is 16.1 Å². The van der Waals surface area contributed by atoms with Gasteiger partial charge in [0.1, 0.15) is 10.7 Å². The molecule has 0 saturated carbocycles. The van der Waals surface area contributed by atoms with Gasteiger partial charge in [-0.15, -0.1) is 0 Å². The van der Waals surface area contributed by atoms with Crippen molar-refractivity contribution in [1.82, 2.24) is 4.98 Å². The van der Waals surface area contributed by atoms with E-state index < -0.39 is 11.7 Å². The summed E-state index contributed by atoms with van der Waals surface area (Å²) < 4.78 is 13.4. The van der Waals surface area contributed by atoms with E-state index in [-0.39, 0.29) is 16.5 Å². The van der Waals surface area contributed by atoms with Gasteiger partial charge in [-0.1, -0.05) is 78.1 Å². The van der Waals surface area contributed by atoms with Crippen molar-refractivity contribution in [2.45, 2.75) is 0 Å². The topological polar surface area (TPSA) is 59.1 Å². The molecular formula is C23H15FN2O2S. The zero-order chi connectivity index (χ0) is 20.2. The number of anilines is 1.